The van der Waals surface area contributed by atoms with Crippen molar-refractivity contribution in [3.8, 4) is 0 Å². The van der Waals surface area contributed by atoms with Gasteiger partial charge in [0.25, 0.3) is 0 Å². The SMILES string of the molecule is CSC(C)CCNS(=O)(=O)c1cc(C)c(F)c(CO)c1. The average Bonchev–Trinajstić information content (AvgIpc) is 2.41. The number of thioether (sulfide) groups is 1. The second kappa shape index (κ2) is 7.40. The third-order valence-electron chi connectivity index (χ3n) is 3.03. The Morgan fingerprint density at radius 1 is 1.45 bits per heavy atom. The largest absolute Gasteiger partial charge is 0.392 e. The predicted molar refractivity (Wildman–Crippen MR) is 79.8 cm³/mol. The fraction of sp³-hybridized carbons (Fsp3) is 0.538. The lowest BCUT2D eigenvalue weighted by Crippen LogP contribution is -2.26. The highest BCUT2D eigenvalue weighted by atomic mass is 32.2. The highest BCUT2D eigenvalue weighted by molar-refractivity contribution is 7.99. The molecule has 0 aromatic heterocycles. The molecule has 0 aliphatic heterocycles. The molecule has 0 aliphatic rings. The Bertz CT molecular complexity index is 561. The van der Waals surface area contributed by atoms with Crippen LogP contribution < -0.4 is 4.72 Å². The Balaban J connectivity index is 2.90. The second-order valence-corrected chi connectivity index (χ2v) is 7.65. The van der Waals surface area contributed by atoms with Crippen molar-refractivity contribution in [1.82, 2.24) is 4.72 Å². The molecule has 0 bridgehead atoms. The van der Waals surface area contributed by atoms with Crippen molar-refractivity contribution in [3.63, 3.8) is 0 Å². The number of hydrogen-bond acceptors (Lipinski definition) is 4. The Hall–Kier alpha value is -0.630. The van der Waals surface area contributed by atoms with Gasteiger partial charge in [0, 0.05) is 17.4 Å². The van der Waals surface area contributed by atoms with Gasteiger partial charge in [-0.15, -0.1) is 0 Å². The zero-order valence-electron chi connectivity index (χ0n) is 11.8. The van der Waals surface area contributed by atoms with Crippen LogP contribution >= 0.6 is 11.8 Å². The Labute approximate surface area is 123 Å². The van der Waals surface area contributed by atoms with E-state index in [-0.39, 0.29) is 16.0 Å². The zero-order valence-corrected chi connectivity index (χ0v) is 13.4. The molecular formula is C13H20FNO3S2. The minimum atomic E-state index is -3.67. The predicted octanol–water partition coefficient (Wildman–Crippen LogP) is 2.05. The van der Waals surface area contributed by atoms with Crippen molar-refractivity contribution in [3.05, 3.63) is 29.1 Å². The first-order chi connectivity index (χ1) is 9.31. The molecule has 1 rings (SSSR count). The van der Waals surface area contributed by atoms with E-state index < -0.39 is 22.4 Å². The van der Waals surface area contributed by atoms with E-state index in [4.69, 9.17) is 5.11 Å². The summed E-state index contributed by atoms with van der Waals surface area (Å²) < 4.78 is 40.3. The number of aryl methyl sites for hydroxylation is 1. The van der Waals surface area contributed by atoms with E-state index in [9.17, 15) is 12.8 Å². The van der Waals surface area contributed by atoms with E-state index in [1.165, 1.54) is 19.1 Å². The molecule has 0 spiro atoms. The highest BCUT2D eigenvalue weighted by Gasteiger charge is 2.18. The Morgan fingerprint density at radius 3 is 2.65 bits per heavy atom. The van der Waals surface area contributed by atoms with Crippen LogP contribution in [0.3, 0.4) is 0 Å². The van der Waals surface area contributed by atoms with E-state index >= 15 is 0 Å². The van der Waals surface area contributed by atoms with Crippen LogP contribution in [-0.2, 0) is 16.6 Å². The third kappa shape index (κ3) is 4.44. The van der Waals surface area contributed by atoms with Gasteiger partial charge in [0.05, 0.1) is 11.5 Å². The molecule has 20 heavy (non-hydrogen) atoms. The Kier molecular flexibility index (Phi) is 6.44. The van der Waals surface area contributed by atoms with Crippen LogP contribution in [0.2, 0.25) is 0 Å². The van der Waals surface area contributed by atoms with Gasteiger partial charge in [-0.2, -0.15) is 11.8 Å². The van der Waals surface area contributed by atoms with Crippen molar-refractivity contribution in [2.45, 2.75) is 37.0 Å². The molecule has 1 aromatic carbocycles. The van der Waals surface area contributed by atoms with Crippen molar-refractivity contribution >= 4 is 21.8 Å². The smallest absolute Gasteiger partial charge is 0.240 e. The quantitative estimate of drug-likeness (QED) is 0.806. The minimum absolute atomic E-state index is 0.0112. The number of benzene rings is 1. The van der Waals surface area contributed by atoms with Crippen molar-refractivity contribution in [2.24, 2.45) is 0 Å². The molecule has 2 N–H and O–H groups in total. The van der Waals surface area contributed by atoms with Crippen LogP contribution in [0.15, 0.2) is 17.0 Å². The molecule has 0 saturated carbocycles. The van der Waals surface area contributed by atoms with Crippen molar-refractivity contribution < 1.29 is 17.9 Å². The number of nitrogens with one attached hydrogen (secondary N) is 1. The highest BCUT2D eigenvalue weighted by Crippen LogP contribution is 2.19. The number of aliphatic hydroxyl groups excluding tert-OH is 1. The van der Waals surface area contributed by atoms with Gasteiger partial charge < -0.3 is 5.11 Å². The first kappa shape index (κ1) is 17.4. The van der Waals surface area contributed by atoms with Gasteiger partial charge in [-0.1, -0.05) is 6.92 Å². The molecule has 0 heterocycles. The maximum atomic E-state index is 13.6. The molecular weight excluding hydrogens is 301 g/mol. The number of hydrogen-bond donors (Lipinski definition) is 2. The lowest BCUT2D eigenvalue weighted by Gasteiger charge is -2.12. The van der Waals surface area contributed by atoms with Crippen molar-refractivity contribution in [1.29, 1.82) is 0 Å². The summed E-state index contributed by atoms with van der Waals surface area (Å²) in [5.41, 5.74) is 0.192. The minimum Gasteiger partial charge on any atom is -0.392 e. The monoisotopic (exact) mass is 321 g/mol. The lowest BCUT2D eigenvalue weighted by atomic mass is 10.1. The summed E-state index contributed by atoms with van der Waals surface area (Å²) >= 11 is 1.66. The van der Waals surface area contributed by atoms with Gasteiger partial charge in [-0.3, -0.25) is 0 Å². The summed E-state index contributed by atoms with van der Waals surface area (Å²) in [7, 11) is -3.67. The van der Waals surface area contributed by atoms with Crippen molar-refractivity contribution in [2.75, 3.05) is 12.8 Å². The molecule has 114 valence electrons. The van der Waals surface area contributed by atoms with Gasteiger partial charge in [-0.25, -0.2) is 17.5 Å². The van der Waals surface area contributed by atoms with Crippen LogP contribution in [0.25, 0.3) is 0 Å². The summed E-state index contributed by atoms with van der Waals surface area (Å²) in [4.78, 5) is -0.0164. The van der Waals surface area contributed by atoms with Gasteiger partial charge in [-0.05, 0) is 37.3 Å². The third-order valence-corrected chi connectivity index (χ3v) is 5.51. The van der Waals surface area contributed by atoms with Gasteiger partial charge in [0.2, 0.25) is 10.0 Å². The first-order valence-corrected chi connectivity index (χ1v) is 9.01. The van der Waals surface area contributed by atoms with E-state index in [2.05, 4.69) is 4.72 Å². The number of sulfonamides is 1. The molecule has 4 nitrogen and oxygen atoms in total. The number of halogens is 1. The zero-order chi connectivity index (χ0) is 15.3. The van der Waals surface area contributed by atoms with Crippen LogP contribution in [0, 0.1) is 12.7 Å². The second-order valence-electron chi connectivity index (χ2n) is 4.60. The van der Waals surface area contributed by atoms with Gasteiger partial charge >= 0.3 is 0 Å². The fourth-order valence-corrected chi connectivity index (χ4v) is 3.21. The normalized spacial score (nSPS) is 13.4. The molecule has 1 atom stereocenters. The van der Waals surface area contributed by atoms with E-state index in [1.54, 1.807) is 11.8 Å². The Morgan fingerprint density at radius 2 is 2.10 bits per heavy atom. The molecule has 0 radical (unpaired) electrons. The molecule has 1 unspecified atom stereocenters. The molecule has 0 saturated heterocycles. The van der Waals surface area contributed by atoms with E-state index in [0.29, 0.717) is 18.2 Å². The summed E-state index contributed by atoms with van der Waals surface area (Å²) in [6.07, 6.45) is 2.68. The summed E-state index contributed by atoms with van der Waals surface area (Å²) in [5, 5.41) is 9.42. The maximum absolute atomic E-state index is 13.6. The standard InChI is InChI=1S/C13H20FNO3S2/c1-9-6-12(7-11(8-16)13(9)14)20(17,18)15-5-4-10(2)19-3/h6-7,10,15-16H,4-5,8H2,1-3H3. The summed E-state index contributed by atoms with van der Waals surface area (Å²) in [6.45, 7) is 3.29. The van der Waals surface area contributed by atoms with Crippen LogP contribution in [0.5, 0.6) is 0 Å². The number of aliphatic hydroxyl groups is 1. The van der Waals surface area contributed by atoms with Crippen LogP contribution in [-0.4, -0.2) is 31.6 Å². The molecule has 7 heteroatoms. The molecule has 1 aromatic rings. The first-order valence-electron chi connectivity index (χ1n) is 6.24. The fourth-order valence-electron chi connectivity index (χ4n) is 1.67. The van der Waals surface area contributed by atoms with E-state index in [1.807, 2.05) is 13.2 Å². The van der Waals surface area contributed by atoms with Gasteiger partial charge in [0.1, 0.15) is 5.82 Å². The van der Waals surface area contributed by atoms with E-state index in [0.717, 1.165) is 0 Å². The molecule has 0 aliphatic carbocycles. The summed E-state index contributed by atoms with van der Waals surface area (Å²) in [5.74, 6) is -0.567. The van der Waals surface area contributed by atoms with Gasteiger partial charge in [0.15, 0.2) is 0 Å². The van der Waals surface area contributed by atoms with Crippen LogP contribution in [0.4, 0.5) is 4.39 Å². The lowest BCUT2D eigenvalue weighted by molar-refractivity contribution is 0.275. The number of rotatable bonds is 7. The molecule has 0 fully saturated rings. The topological polar surface area (TPSA) is 66.4 Å². The molecule has 0 amide bonds. The average molecular weight is 321 g/mol. The summed E-state index contributed by atoms with van der Waals surface area (Å²) in [6, 6.07) is 2.44. The maximum Gasteiger partial charge on any atom is 0.240 e. The van der Waals surface area contributed by atoms with Crippen LogP contribution in [0.1, 0.15) is 24.5 Å².